The maximum atomic E-state index is 12.2. The third-order valence-electron chi connectivity index (χ3n) is 2.88. The standard InChI is InChI=1S/C14H13NO5S2/c1-19-9-3-4-10(20-2)8(5-9)6-11-13(18)15(7-12(16)17)14(21)22-11/h3-6H,7H2,1-2H3,(H,16,17)/p-1/b11-6-. The fourth-order valence-electron chi connectivity index (χ4n) is 1.86. The van der Waals surface area contributed by atoms with Gasteiger partial charge in [0, 0.05) is 5.56 Å². The number of aliphatic carboxylic acids is 1. The first-order valence-corrected chi connectivity index (χ1v) is 7.36. The van der Waals surface area contributed by atoms with Gasteiger partial charge in [-0.3, -0.25) is 9.69 Å². The van der Waals surface area contributed by atoms with Crippen molar-refractivity contribution in [3.8, 4) is 11.5 Å². The number of carboxylic acid groups (broad SMARTS) is 1. The van der Waals surface area contributed by atoms with Crippen LogP contribution in [-0.4, -0.2) is 41.9 Å². The minimum Gasteiger partial charge on any atom is -0.548 e. The van der Waals surface area contributed by atoms with Crippen LogP contribution in [0.5, 0.6) is 11.5 Å². The topological polar surface area (TPSA) is 78.9 Å². The molecule has 0 N–H and O–H groups in total. The summed E-state index contributed by atoms with van der Waals surface area (Å²) in [4.78, 5) is 24.2. The average Bonchev–Trinajstić information content (AvgIpc) is 2.74. The lowest BCUT2D eigenvalue weighted by molar-refractivity contribution is -0.305. The second-order valence-corrected chi connectivity index (χ2v) is 5.92. The van der Waals surface area contributed by atoms with Crippen LogP contribution in [0.15, 0.2) is 23.1 Å². The van der Waals surface area contributed by atoms with E-state index in [1.807, 2.05) is 0 Å². The third-order valence-corrected chi connectivity index (χ3v) is 4.26. The second-order valence-electron chi connectivity index (χ2n) is 4.25. The fourth-order valence-corrected chi connectivity index (χ4v) is 3.10. The normalized spacial score (nSPS) is 16.3. The largest absolute Gasteiger partial charge is 0.548 e. The molecule has 2 rings (SSSR count). The number of methoxy groups -OCH3 is 2. The van der Waals surface area contributed by atoms with Gasteiger partial charge in [-0.1, -0.05) is 24.0 Å². The van der Waals surface area contributed by atoms with Crippen molar-refractivity contribution in [2.75, 3.05) is 20.8 Å². The van der Waals surface area contributed by atoms with E-state index in [4.69, 9.17) is 21.7 Å². The van der Waals surface area contributed by atoms with Gasteiger partial charge in [-0.25, -0.2) is 0 Å². The van der Waals surface area contributed by atoms with E-state index >= 15 is 0 Å². The number of ether oxygens (including phenoxy) is 2. The summed E-state index contributed by atoms with van der Waals surface area (Å²) in [7, 11) is 3.05. The van der Waals surface area contributed by atoms with Crippen LogP contribution in [0, 0.1) is 0 Å². The smallest absolute Gasteiger partial charge is 0.266 e. The molecule has 1 aromatic carbocycles. The maximum Gasteiger partial charge on any atom is 0.266 e. The Kier molecular flexibility index (Phi) is 5.04. The van der Waals surface area contributed by atoms with Crippen LogP contribution in [0.2, 0.25) is 0 Å². The molecule has 8 heteroatoms. The lowest BCUT2D eigenvalue weighted by atomic mass is 10.1. The zero-order valence-corrected chi connectivity index (χ0v) is 13.5. The highest BCUT2D eigenvalue weighted by atomic mass is 32.2. The van der Waals surface area contributed by atoms with E-state index in [1.165, 1.54) is 14.2 Å². The van der Waals surface area contributed by atoms with Crippen LogP contribution in [-0.2, 0) is 9.59 Å². The summed E-state index contributed by atoms with van der Waals surface area (Å²) >= 11 is 6.05. The number of hydrogen-bond acceptors (Lipinski definition) is 7. The van der Waals surface area contributed by atoms with E-state index in [1.54, 1.807) is 24.3 Å². The number of nitrogens with zero attached hydrogens (tertiary/aromatic N) is 1. The molecule has 0 bridgehead atoms. The number of carbonyl (C=O) groups excluding carboxylic acids is 2. The van der Waals surface area contributed by atoms with Gasteiger partial charge in [0.05, 0.1) is 31.6 Å². The van der Waals surface area contributed by atoms with Crippen molar-refractivity contribution in [1.29, 1.82) is 0 Å². The van der Waals surface area contributed by atoms with Gasteiger partial charge >= 0.3 is 0 Å². The molecule has 6 nitrogen and oxygen atoms in total. The summed E-state index contributed by atoms with van der Waals surface area (Å²) in [6, 6.07) is 5.16. The van der Waals surface area contributed by atoms with Crippen molar-refractivity contribution in [1.82, 2.24) is 4.90 Å². The van der Waals surface area contributed by atoms with Gasteiger partial charge < -0.3 is 19.4 Å². The van der Waals surface area contributed by atoms with Crippen LogP contribution in [0.3, 0.4) is 0 Å². The van der Waals surface area contributed by atoms with Crippen molar-refractivity contribution in [2.45, 2.75) is 0 Å². The van der Waals surface area contributed by atoms with Gasteiger partial charge in [0.1, 0.15) is 15.8 Å². The molecular weight excluding hydrogens is 326 g/mol. The molecule has 1 aliphatic rings. The summed E-state index contributed by atoms with van der Waals surface area (Å²) in [6.45, 7) is -0.558. The number of hydrogen-bond donors (Lipinski definition) is 0. The quantitative estimate of drug-likeness (QED) is 0.576. The van der Waals surface area contributed by atoms with E-state index in [0.29, 0.717) is 22.0 Å². The third kappa shape index (κ3) is 3.40. The number of benzene rings is 1. The molecule has 0 unspecified atom stereocenters. The molecule has 1 heterocycles. The minimum absolute atomic E-state index is 0.183. The Labute approximate surface area is 136 Å². The molecule has 0 saturated carbocycles. The van der Waals surface area contributed by atoms with Crippen LogP contribution in [0.4, 0.5) is 0 Å². The number of amides is 1. The first-order chi connectivity index (χ1) is 10.5. The van der Waals surface area contributed by atoms with Crippen molar-refractivity contribution in [3.63, 3.8) is 0 Å². The Balaban J connectivity index is 2.36. The monoisotopic (exact) mass is 338 g/mol. The highest BCUT2D eigenvalue weighted by Gasteiger charge is 2.32. The molecule has 1 aliphatic heterocycles. The highest BCUT2D eigenvalue weighted by molar-refractivity contribution is 8.26. The molecule has 1 aromatic rings. The summed E-state index contributed by atoms with van der Waals surface area (Å²) in [5.74, 6) is -0.663. The number of carboxylic acids is 1. The number of thioether (sulfide) groups is 1. The van der Waals surface area contributed by atoms with Crippen LogP contribution < -0.4 is 14.6 Å². The Morgan fingerprint density at radius 3 is 2.73 bits per heavy atom. The molecule has 1 saturated heterocycles. The predicted molar refractivity (Wildman–Crippen MR) is 84.4 cm³/mol. The zero-order chi connectivity index (χ0) is 16.3. The molecule has 0 radical (unpaired) electrons. The first kappa shape index (κ1) is 16.3. The molecule has 0 aromatic heterocycles. The number of rotatable bonds is 5. The van der Waals surface area contributed by atoms with E-state index in [9.17, 15) is 14.7 Å². The Morgan fingerprint density at radius 1 is 1.41 bits per heavy atom. The van der Waals surface area contributed by atoms with E-state index in [0.717, 1.165) is 16.7 Å². The van der Waals surface area contributed by atoms with Gasteiger partial charge in [-0.15, -0.1) is 0 Å². The Hall–Kier alpha value is -2.06. The number of thiocarbonyl (C=S) groups is 1. The Bertz CT molecular complexity index is 671. The van der Waals surface area contributed by atoms with Crippen LogP contribution >= 0.6 is 24.0 Å². The highest BCUT2D eigenvalue weighted by Crippen LogP contribution is 2.35. The molecule has 0 atom stereocenters. The predicted octanol–water partition coefficient (Wildman–Crippen LogP) is 0.655. The lowest BCUT2D eigenvalue weighted by Gasteiger charge is -2.14. The summed E-state index contributed by atoms with van der Waals surface area (Å²) in [5.41, 5.74) is 0.635. The van der Waals surface area contributed by atoms with Gasteiger partial charge in [-0.2, -0.15) is 0 Å². The minimum atomic E-state index is -1.36. The van der Waals surface area contributed by atoms with Gasteiger partial charge in [-0.05, 0) is 24.3 Å². The molecule has 0 aliphatic carbocycles. The molecule has 116 valence electrons. The molecule has 0 spiro atoms. The SMILES string of the molecule is COc1ccc(OC)c(/C=C2\SC(=S)N(CC(=O)[O-])C2=O)c1. The fraction of sp³-hybridized carbons (Fsp3) is 0.214. The summed E-state index contributed by atoms with van der Waals surface area (Å²) < 4.78 is 10.6. The van der Waals surface area contributed by atoms with Gasteiger partial charge in [0.2, 0.25) is 0 Å². The van der Waals surface area contributed by atoms with Gasteiger partial charge in [0.25, 0.3) is 5.91 Å². The second kappa shape index (κ2) is 6.80. The Morgan fingerprint density at radius 2 is 2.14 bits per heavy atom. The van der Waals surface area contributed by atoms with Crippen LogP contribution in [0.25, 0.3) is 6.08 Å². The van der Waals surface area contributed by atoms with E-state index in [2.05, 4.69) is 0 Å². The van der Waals surface area contributed by atoms with Crippen molar-refractivity contribution in [2.24, 2.45) is 0 Å². The van der Waals surface area contributed by atoms with E-state index in [-0.39, 0.29) is 4.32 Å². The van der Waals surface area contributed by atoms with Crippen molar-refractivity contribution >= 4 is 46.3 Å². The maximum absolute atomic E-state index is 12.2. The van der Waals surface area contributed by atoms with E-state index < -0.39 is 18.4 Å². The lowest BCUT2D eigenvalue weighted by Crippen LogP contribution is -2.40. The molecule has 1 fully saturated rings. The zero-order valence-electron chi connectivity index (χ0n) is 11.8. The number of carbonyl (C=O) groups is 2. The summed E-state index contributed by atoms with van der Waals surface area (Å²) in [5, 5.41) is 10.7. The summed E-state index contributed by atoms with van der Waals surface area (Å²) in [6.07, 6.45) is 1.59. The van der Waals surface area contributed by atoms with Gasteiger partial charge in [0.15, 0.2) is 0 Å². The molecular formula is C14H12NO5S2-. The average molecular weight is 338 g/mol. The van der Waals surface area contributed by atoms with Crippen molar-refractivity contribution in [3.05, 3.63) is 28.7 Å². The molecule has 22 heavy (non-hydrogen) atoms. The van der Waals surface area contributed by atoms with Crippen molar-refractivity contribution < 1.29 is 24.2 Å². The van der Waals surface area contributed by atoms with Crippen LogP contribution in [0.1, 0.15) is 5.56 Å². The molecule has 1 amide bonds. The first-order valence-electron chi connectivity index (χ1n) is 6.13.